The van der Waals surface area contributed by atoms with Crippen molar-refractivity contribution in [1.82, 2.24) is 4.31 Å². The van der Waals surface area contributed by atoms with Crippen molar-refractivity contribution in [3.63, 3.8) is 0 Å². The molecule has 1 saturated heterocycles. The first-order valence-corrected chi connectivity index (χ1v) is 10.3. The van der Waals surface area contributed by atoms with Crippen LogP contribution in [0.4, 0.5) is 19.3 Å². The van der Waals surface area contributed by atoms with E-state index in [-0.39, 0.29) is 30.6 Å². The molecular formula is C19H18F2N2O4S. The van der Waals surface area contributed by atoms with Crippen LogP contribution in [0.1, 0.15) is 18.4 Å². The van der Waals surface area contributed by atoms with E-state index in [1.165, 1.54) is 4.31 Å². The number of rotatable bonds is 3. The summed E-state index contributed by atoms with van der Waals surface area (Å²) in [6, 6.07) is 9.78. The molecule has 2 aromatic carbocycles. The van der Waals surface area contributed by atoms with E-state index in [9.17, 15) is 22.0 Å². The third-order valence-electron chi connectivity index (χ3n) is 5.12. The summed E-state index contributed by atoms with van der Waals surface area (Å²) >= 11 is 0. The van der Waals surface area contributed by atoms with Crippen molar-refractivity contribution in [2.24, 2.45) is 0 Å². The molecule has 0 unspecified atom stereocenters. The summed E-state index contributed by atoms with van der Waals surface area (Å²) < 4.78 is 58.5. The van der Waals surface area contributed by atoms with Crippen LogP contribution in [0, 0.1) is 11.6 Å². The minimum absolute atomic E-state index is 0.165. The van der Waals surface area contributed by atoms with Crippen molar-refractivity contribution in [3.8, 4) is 0 Å². The molecule has 0 aliphatic carbocycles. The van der Waals surface area contributed by atoms with Crippen LogP contribution in [0.25, 0.3) is 0 Å². The number of halogens is 2. The summed E-state index contributed by atoms with van der Waals surface area (Å²) in [7, 11) is -3.94. The molecule has 0 radical (unpaired) electrons. The molecule has 2 aromatic rings. The van der Waals surface area contributed by atoms with Gasteiger partial charge in [0, 0.05) is 24.7 Å². The molecular weight excluding hydrogens is 390 g/mol. The van der Waals surface area contributed by atoms with Gasteiger partial charge in [0.15, 0.2) is 11.6 Å². The second-order valence-electron chi connectivity index (χ2n) is 6.76. The predicted octanol–water partition coefficient (Wildman–Crippen LogP) is 3.27. The first-order valence-electron chi connectivity index (χ1n) is 8.87. The highest BCUT2D eigenvalue weighted by atomic mass is 32.2. The fourth-order valence-electron chi connectivity index (χ4n) is 3.65. The van der Waals surface area contributed by atoms with E-state index in [1.54, 1.807) is 4.90 Å². The number of anilines is 1. The van der Waals surface area contributed by atoms with Gasteiger partial charge in [0.25, 0.3) is 0 Å². The number of cyclic esters (lactones) is 1. The van der Waals surface area contributed by atoms with Crippen molar-refractivity contribution < 1.29 is 26.7 Å². The fourth-order valence-corrected chi connectivity index (χ4v) is 5.13. The lowest BCUT2D eigenvalue weighted by Gasteiger charge is -2.39. The molecule has 0 spiro atoms. The number of hydrogen-bond donors (Lipinski definition) is 0. The van der Waals surface area contributed by atoms with E-state index in [2.05, 4.69) is 0 Å². The minimum Gasteiger partial charge on any atom is -0.444 e. The van der Waals surface area contributed by atoms with E-state index < -0.39 is 27.8 Å². The van der Waals surface area contributed by atoms with E-state index in [1.807, 2.05) is 24.3 Å². The van der Waals surface area contributed by atoms with E-state index >= 15 is 0 Å². The number of benzene rings is 2. The van der Waals surface area contributed by atoms with Crippen LogP contribution in [-0.4, -0.2) is 37.9 Å². The summed E-state index contributed by atoms with van der Waals surface area (Å²) in [5.41, 5.74) is 1.68. The second kappa shape index (κ2) is 7.14. The fraction of sp³-hybridized carbons (Fsp3) is 0.316. The molecule has 1 fully saturated rings. The molecule has 0 bridgehead atoms. The summed E-state index contributed by atoms with van der Waals surface area (Å²) in [6.07, 6.45) is 0.374. The smallest absolute Gasteiger partial charge is 0.414 e. The number of para-hydroxylation sites is 1. The van der Waals surface area contributed by atoms with Gasteiger partial charge in [-0.15, -0.1) is 0 Å². The predicted molar refractivity (Wildman–Crippen MR) is 97.2 cm³/mol. The second-order valence-corrected chi connectivity index (χ2v) is 8.70. The molecule has 2 aliphatic heterocycles. The van der Waals surface area contributed by atoms with Crippen molar-refractivity contribution in [2.75, 3.05) is 18.0 Å². The zero-order chi connectivity index (χ0) is 19.9. The van der Waals surface area contributed by atoms with Crippen molar-refractivity contribution in [3.05, 3.63) is 59.7 Å². The van der Waals surface area contributed by atoms with E-state index in [0.717, 1.165) is 23.4 Å². The third-order valence-corrected chi connectivity index (χ3v) is 7.01. The standard InChI is InChI=1S/C19H18F2N2O4S/c20-16-6-5-15(11-17(16)21)28(25,26)22-9-7-14(8-10-22)23-18-4-2-1-3-13(18)12-27-19(23)24/h1-6,11,14H,7-10,12H2. The third kappa shape index (κ3) is 3.24. The summed E-state index contributed by atoms with van der Waals surface area (Å²) in [5.74, 6) is -2.30. The molecule has 9 heteroatoms. The number of nitrogens with zero attached hydrogens (tertiary/aromatic N) is 2. The number of carbonyl (C=O) groups is 1. The first kappa shape index (κ1) is 18.8. The highest BCUT2D eigenvalue weighted by Gasteiger charge is 2.37. The summed E-state index contributed by atoms with van der Waals surface area (Å²) in [4.78, 5) is 13.6. The Morgan fingerprint density at radius 1 is 1.00 bits per heavy atom. The van der Waals surface area contributed by atoms with Crippen LogP contribution in [-0.2, 0) is 21.4 Å². The normalized spacial score (nSPS) is 18.6. The summed E-state index contributed by atoms with van der Waals surface area (Å²) in [6.45, 7) is 0.546. The van der Waals surface area contributed by atoms with Crippen LogP contribution >= 0.6 is 0 Å². The number of piperidine rings is 1. The molecule has 4 rings (SSSR count). The highest BCUT2D eigenvalue weighted by Crippen LogP contribution is 2.32. The van der Waals surface area contributed by atoms with Gasteiger partial charge in [0.05, 0.1) is 10.6 Å². The molecule has 1 amide bonds. The number of amides is 1. The molecule has 28 heavy (non-hydrogen) atoms. The molecule has 6 nitrogen and oxygen atoms in total. The van der Waals surface area contributed by atoms with Crippen LogP contribution in [0.3, 0.4) is 0 Å². The maximum atomic E-state index is 13.4. The van der Waals surface area contributed by atoms with Crippen LogP contribution in [0.2, 0.25) is 0 Å². The van der Waals surface area contributed by atoms with Gasteiger partial charge in [-0.25, -0.2) is 22.0 Å². The van der Waals surface area contributed by atoms with Crippen LogP contribution < -0.4 is 4.90 Å². The van der Waals surface area contributed by atoms with Gasteiger partial charge in [-0.3, -0.25) is 4.90 Å². The largest absolute Gasteiger partial charge is 0.444 e. The van der Waals surface area contributed by atoms with Gasteiger partial charge < -0.3 is 4.74 Å². The monoisotopic (exact) mass is 408 g/mol. The highest BCUT2D eigenvalue weighted by molar-refractivity contribution is 7.89. The van der Waals surface area contributed by atoms with E-state index in [4.69, 9.17) is 4.74 Å². The SMILES string of the molecule is O=C1OCc2ccccc2N1C1CCN(S(=O)(=O)c2ccc(F)c(F)c2)CC1. The number of ether oxygens (including phenoxy) is 1. The Hall–Kier alpha value is -2.52. The Morgan fingerprint density at radius 3 is 2.43 bits per heavy atom. The number of fused-ring (bicyclic) bond motifs is 1. The van der Waals surface area contributed by atoms with Crippen LogP contribution in [0.5, 0.6) is 0 Å². The van der Waals surface area contributed by atoms with Crippen molar-refractivity contribution in [2.45, 2.75) is 30.4 Å². The van der Waals surface area contributed by atoms with Crippen molar-refractivity contribution in [1.29, 1.82) is 0 Å². The lowest BCUT2D eigenvalue weighted by atomic mass is 10.0. The average molecular weight is 408 g/mol. The van der Waals surface area contributed by atoms with Gasteiger partial charge in [-0.2, -0.15) is 4.31 Å². The maximum Gasteiger partial charge on any atom is 0.414 e. The molecule has 0 aromatic heterocycles. The quantitative estimate of drug-likeness (QED) is 0.782. The van der Waals surface area contributed by atoms with Crippen molar-refractivity contribution >= 4 is 21.8 Å². The molecule has 2 aliphatic rings. The first-order chi connectivity index (χ1) is 13.4. The molecule has 2 heterocycles. The lowest BCUT2D eigenvalue weighted by molar-refractivity contribution is 0.136. The Bertz CT molecular complexity index is 1020. The number of hydrogen-bond acceptors (Lipinski definition) is 4. The molecule has 0 N–H and O–H groups in total. The lowest BCUT2D eigenvalue weighted by Crippen LogP contribution is -2.50. The van der Waals surface area contributed by atoms with E-state index in [0.29, 0.717) is 18.9 Å². The number of carbonyl (C=O) groups excluding carboxylic acids is 1. The Balaban J connectivity index is 1.52. The Labute approximate surface area is 161 Å². The average Bonchev–Trinajstić information content (AvgIpc) is 2.70. The van der Waals surface area contributed by atoms with Gasteiger partial charge in [0.2, 0.25) is 10.0 Å². The number of sulfonamides is 1. The zero-order valence-electron chi connectivity index (χ0n) is 14.8. The zero-order valence-corrected chi connectivity index (χ0v) is 15.7. The molecule has 148 valence electrons. The van der Waals surface area contributed by atoms with Gasteiger partial charge in [-0.1, -0.05) is 18.2 Å². The molecule has 0 saturated carbocycles. The molecule has 0 atom stereocenters. The summed E-state index contributed by atoms with van der Waals surface area (Å²) in [5, 5.41) is 0. The van der Waals surface area contributed by atoms with Gasteiger partial charge >= 0.3 is 6.09 Å². The maximum absolute atomic E-state index is 13.4. The topological polar surface area (TPSA) is 66.9 Å². The van der Waals surface area contributed by atoms with Crippen LogP contribution in [0.15, 0.2) is 47.4 Å². The minimum atomic E-state index is -3.94. The van der Waals surface area contributed by atoms with Gasteiger partial charge in [-0.05, 0) is 37.1 Å². The Morgan fingerprint density at radius 2 is 1.71 bits per heavy atom. The van der Waals surface area contributed by atoms with Gasteiger partial charge in [0.1, 0.15) is 6.61 Å². The Kier molecular flexibility index (Phi) is 4.80.